The number of aryl methyl sites for hydroxylation is 1. The molecule has 3 heterocycles. The number of para-hydroxylation sites is 1. The minimum Gasteiger partial charge on any atom is -0.507 e. The fourth-order valence-electron chi connectivity index (χ4n) is 4.63. The SMILES string of the molecule is CCN(CC)CCCN1C(=O)C(=O)/C(=C(/O)c2cnn(-c3ccccc3)c2C)C1c1ccc(C)o1. The normalized spacial score (nSPS) is 17.6. The highest BCUT2D eigenvalue weighted by atomic mass is 16.3. The molecular formula is C27H32N4O4. The van der Waals surface area contributed by atoms with Crippen molar-refractivity contribution >= 4 is 17.4 Å². The summed E-state index contributed by atoms with van der Waals surface area (Å²) in [6, 6.07) is 12.3. The molecule has 0 aliphatic carbocycles. The number of Topliss-reactive ketones (excluding diaryl/α,β-unsaturated/α-hetero) is 1. The lowest BCUT2D eigenvalue weighted by atomic mass is 9.99. The lowest BCUT2D eigenvalue weighted by Crippen LogP contribution is -2.33. The predicted molar refractivity (Wildman–Crippen MR) is 133 cm³/mol. The molecule has 1 aliphatic heterocycles. The van der Waals surface area contributed by atoms with E-state index in [0.717, 1.165) is 25.3 Å². The van der Waals surface area contributed by atoms with E-state index in [1.807, 2.05) is 44.2 Å². The first-order chi connectivity index (χ1) is 16.9. The monoisotopic (exact) mass is 476 g/mol. The lowest BCUT2D eigenvalue weighted by Gasteiger charge is -2.25. The zero-order valence-corrected chi connectivity index (χ0v) is 20.7. The molecule has 0 bridgehead atoms. The van der Waals surface area contributed by atoms with Crippen LogP contribution in [0.5, 0.6) is 0 Å². The number of ketones is 1. The van der Waals surface area contributed by atoms with E-state index in [0.29, 0.717) is 35.7 Å². The number of furan rings is 1. The summed E-state index contributed by atoms with van der Waals surface area (Å²) in [4.78, 5) is 30.1. The van der Waals surface area contributed by atoms with Gasteiger partial charge in [-0.3, -0.25) is 9.59 Å². The van der Waals surface area contributed by atoms with Crippen LogP contribution in [0.25, 0.3) is 11.4 Å². The number of carbonyl (C=O) groups excluding carboxylic acids is 2. The number of carbonyl (C=O) groups is 2. The van der Waals surface area contributed by atoms with Gasteiger partial charge >= 0.3 is 0 Å². The van der Waals surface area contributed by atoms with Crippen LogP contribution in [-0.2, 0) is 9.59 Å². The van der Waals surface area contributed by atoms with Gasteiger partial charge in [0.05, 0.1) is 28.7 Å². The Kier molecular flexibility index (Phi) is 7.21. The lowest BCUT2D eigenvalue weighted by molar-refractivity contribution is -0.140. The number of likely N-dealkylation sites (tertiary alicyclic amines) is 1. The number of rotatable bonds is 9. The molecule has 1 amide bonds. The Balaban J connectivity index is 1.74. The van der Waals surface area contributed by atoms with Crippen LogP contribution in [0, 0.1) is 13.8 Å². The van der Waals surface area contributed by atoms with Crippen LogP contribution >= 0.6 is 0 Å². The summed E-state index contributed by atoms with van der Waals surface area (Å²) < 4.78 is 7.56. The van der Waals surface area contributed by atoms with Crippen LogP contribution in [0.1, 0.15) is 49.1 Å². The molecule has 35 heavy (non-hydrogen) atoms. The molecule has 4 rings (SSSR count). The van der Waals surface area contributed by atoms with E-state index in [2.05, 4.69) is 23.8 Å². The van der Waals surface area contributed by atoms with Crippen molar-refractivity contribution in [3.8, 4) is 5.69 Å². The minimum absolute atomic E-state index is 0.0305. The average Bonchev–Trinajstić information content (AvgIpc) is 3.53. The summed E-state index contributed by atoms with van der Waals surface area (Å²) in [6.45, 7) is 10.8. The number of hydrogen-bond donors (Lipinski definition) is 1. The van der Waals surface area contributed by atoms with Gasteiger partial charge in [-0.15, -0.1) is 0 Å². The molecule has 1 aliphatic rings. The smallest absolute Gasteiger partial charge is 0.295 e. The van der Waals surface area contributed by atoms with E-state index in [1.165, 1.54) is 11.1 Å². The highest BCUT2D eigenvalue weighted by Crippen LogP contribution is 2.40. The van der Waals surface area contributed by atoms with Crippen molar-refractivity contribution < 1.29 is 19.1 Å². The van der Waals surface area contributed by atoms with Crippen LogP contribution < -0.4 is 0 Å². The minimum atomic E-state index is -0.792. The number of amides is 1. The highest BCUT2D eigenvalue weighted by molar-refractivity contribution is 6.46. The van der Waals surface area contributed by atoms with E-state index in [-0.39, 0.29) is 11.3 Å². The number of nitrogens with zero attached hydrogens (tertiary/aromatic N) is 4. The predicted octanol–water partition coefficient (Wildman–Crippen LogP) is 4.24. The first-order valence-electron chi connectivity index (χ1n) is 12.0. The zero-order chi connectivity index (χ0) is 25.1. The van der Waals surface area contributed by atoms with Crippen LogP contribution in [0.3, 0.4) is 0 Å². The standard InChI is InChI=1S/C27H32N4O4/c1-5-29(6-2)15-10-16-30-24(22-14-13-18(3)35-22)23(26(33)27(30)34)25(32)21-17-28-31(19(21)4)20-11-8-7-9-12-20/h7-9,11-14,17,24,32H,5-6,10,15-16H2,1-4H3/b25-23+. The molecule has 0 spiro atoms. The Bertz CT molecular complexity index is 1240. The first kappa shape index (κ1) is 24.5. The highest BCUT2D eigenvalue weighted by Gasteiger charge is 2.47. The second-order valence-corrected chi connectivity index (χ2v) is 8.71. The Morgan fingerprint density at radius 1 is 1.09 bits per heavy atom. The second kappa shape index (κ2) is 10.3. The van der Waals surface area contributed by atoms with E-state index in [4.69, 9.17) is 4.42 Å². The van der Waals surface area contributed by atoms with Gasteiger partial charge in [0, 0.05) is 6.54 Å². The van der Waals surface area contributed by atoms with Crippen molar-refractivity contribution in [1.29, 1.82) is 0 Å². The van der Waals surface area contributed by atoms with Gasteiger partial charge in [-0.2, -0.15) is 5.10 Å². The van der Waals surface area contributed by atoms with Gasteiger partial charge in [-0.05, 0) is 64.2 Å². The number of aliphatic hydroxyl groups is 1. The molecule has 0 radical (unpaired) electrons. The molecule has 1 N–H and O–H groups in total. The maximum Gasteiger partial charge on any atom is 0.295 e. The summed E-state index contributed by atoms with van der Waals surface area (Å²) in [6.07, 6.45) is 2.23. The van der Waals surface area contributed by atoms with E-state index in [9.17, 15) is 14.7 Å². The van der Waals surface area contributed by atoms with E-state index in [1.54, 1.807) is 16.8 Å². The van der Waals surface area contributed by atoms with Crippen molar-refractivity contribution in [3.05, 3.63) is 77.0 Å². The number of aromatic nitrogens is 2. The zero-order valence-electron chi connectivity index (χ0n) is 20.7. The van der Waals surface area contributed by atoms with Crippen LogP contribution in [0.15, 0.2) is 58.7 Å². The third-order valence-corrected chi connectivity index (χ3v) is 6.60. The number of benzene rings is 1. The van der Waals surface area contributed by atoms with E-state index < -0.39 is 17.7 Å². The summed E-state index contributed by atoms with van der Waals surface area (Å²) in [5.74, 6) is -0.455. The molecule has 8 heteroatoms. The van der Waals surface area contributed by atoms with Crippen molar-refractivity contribution in [2.75, 3.05) is 26.2 Å². The van der Waals surface area contributed by atoms with Crippen molar-refractivity contribution in [3.63, 3.8) is 0 Å². The van der Waals surface area contributed by atoms with Gasteiger partial charge < -0.3 is 19.3 Å². The Labute approximate surface area is 205 Å². The largest absolute Gasteiger partial charge is 0.507 e. The fourth-order valence-corrected chi connectivity index (χ4v) is 4.63. The van der Waals surface area contributed by atoms with Crippen LogP contribution in [0.4, 0.5) is 0 Å². The summed E-state index contributed by atoms with van der Waals surface area (Å²) in [5.41, 5.74) is 1.93. The van der Waals surface area contributed by atoms with Crippen LogP contribution in [-0.4, -0.2) is 62.6 Å². The molecule has 1 fully saturated rings. The molecule has 8 nitrogen and oxygen atoms in total. The summed E-state index contributed by atoms with van der Waals surface area (Å²) in [7, 11) is 0. The van der Waals surface area contributed by atoms with Gasteiger partial charge in [0.25, 0.3) is 11.7 Å². The molecule has 2 aromatic heterocycles. The molecule has 3 aromatic rings. The molecule has 1 aromatic carbocycles. The number of hydrogen-bond acceptors (Lipinski definition) is 6. The van der Waals surface area contributed by atoms with E-state index >= 15 is 0 Å². The summed E-state index contributed by atoms with van der Waals surface area (Å²) >= 11 is 0. The van der Waals surface area contributed by atoms with Crippen molar-refractivity contribution in [2.24, 2.45) is 0 Å². The maximum absolute atomic E-state index is 13.2. The molecule has 1 unspecified atom stereocenters. The quantitative estimate of drug-likeness (QED) is 0.282. The molecule has 1 atom stereocenters. The molecule has 184 valence electrons. The maximum atomic E-state index is 13.2. The Morgan fingerprint density at radius 2 is 1.80 bits per heavy atom. The van der Waals surface area contributed by atoms with Crippen LogP contribution in [0.2, 0.25) is 0 Å². The molecule has 0 saturated carbocycles. The molecule has 1 saturated heterocycles. The first-order valence-corrected chi connectivity index (χ1v) is 12.0. The second-order valence-electron chi connectivity index (χ2n) is 8.71. The number of aliphatic hydroxyl groups excluding tert-OH is 1. The Hall–Kier alpha value is -3.65. The van der Waals surface area contributed by atoms with Gasteiger partial charge in [0.2, 0.25) is 0 Å². The van der Waals surface area contributed by atoms with Gasteiger partial charge in [-0.25, -0.2) is 4.68 Å². The van der Waals surface area contributed by atoms with Gasteiger partial charge in [0.1, 0.15) is 23.3 Å². The Morgan fingerprint density at radius 3 is 2.43 bits per heavy atom. The third kappa shape index (κ3) is 4.66. The topological polar surface area (TPSA) is 91.8 Å². The van der Waals surface area contributed by atoms with Gasteiger partial charge in [0.15, 0.2) is 0 Å². The fraction of sp³-hybridized carbons (Fsp3) is 0.370. The van der Waals surface area contributed by atoms with Crippen molar-refractivity contribution in [1.82, 2.24) is 19.6 Å². The molecular weight excluding hydrogens is 444 g/mol. The summed E-state index contributed by atoms with van der Waals surface area (Å²) in [5, 5.41) is 15.8. The third-order valence-electron chi connectivity index (χ3n) is 6.60. The van der Waals surface area contributed by atoms with Crippen molar-refractivity contribution in [2.45, 2.75) is 40.2 Å². The van der Waals surface area contributed by atoms with Gasteiger partial charge in [-0.1, -0.05) is 32.0 Å². The average molecular weight is 477 g/mol.